The summed E-state index contributed by atoms with van der Waals surface area (Å²) in [5, 5.41) is 14.2. The molecule has 10 nitrogen and oxygen atoms in total. The predicted octanol–water partition coefficient (Wildman–Crippen LogP) is 2.66. The van der Waals surface area contributed by atoms with Gasteiger partial charge in [0.15, 0.2) is 5.69 Å². The molecule has 1 saturated carbocycles. The van der Waals surface area contributed by atoms with Crippen molar-refractivity contribution in [3.8, 4) is 5.88 Å². The second-order valence-electron chi connectivity index (χ2n) is 11.2. The number of hydrogen-bond acceptors (Lipinski definition) is 7. The largest absolute Gasteiger partial charge is 0.473 e. The second-order valence-corrected chi connectivity index (χ2v) is 11.7. The zero-order valence-electron chi connectivity index (χ0n) is 22.3. The first kappa shape index (κ1) is 26.5. The van der Waals surface area contributed by atoms with E-state index in [4.69, 9.17) is 31.3 Å². The van der Waals surface area contributed by atoms with Crippen molar-refractivity contribution >= 4 is 23.4 Å². The number of aliphatic hydroxyl groups is 1. The van der Waals surface area contributed by atoms with Crippen LogP contribution in [0.3, 0.4) is 0 Å². The maximum atomic E-state index is 13.6. The first-order chi connectivity index (χ1) is 18.9. The molecule has 4 atom stereocenters. The highest BCUT2D eigenvalue weighted by Crippen LogP contribution is 2.57. The lowest BCUT2D eigenvalue weighted by Gasteiger charge is -2.37. The van der Waals surface area contributed by atoms with Crippen molar-refractivity contribution < 1.29 is 24.2 Å². The minimum Gasteiger partial charge on any atom is -0.473 e. The molecule has 0 aromatic carbocycles. The van der Waals surface area contributed by atoms with Gasteiger partial charge >= 0.3 is 0 Å². The van der Waals surface area contributed by atoms with Crippen LogP contribution in [0.5, 0.6) is 5.88 Å². The summed E-state index contributed by atoms with van der Waals surface area (Å²) >= 11 is 6.20. The van der Waals surface area contributed by atoms with Crippen molar-refractivity contribution in [1.29, 1.82) is 0 Å². The number of nitrogens with zero attached hydrogens (tertiary/aromatic N) is 5. The van der Waals surface area contributed by atoms with Gasteiger partial charge in [-0.1, -0.05) is 11.6 Å². The lowest BCUT2D eigenvalue weighted by molar-refractivity contribution is -0.136. The fraction of sp³-hybridized carbons (Fsp3) is 0.643. The number of piperidine rings is 2. The van der Waals surface area contributed by atoms with Crippen molar-refractivity contribution in [1.82, 2.24) is 24.6 Å². The molecule has 0 unspecified atom stereocenters. The molecule has 0 bridgehead atoms. The number of ether oxygens (including phenoxy) is 2. The molecule has 39 heavy (non-hydrogen) atoms. The summed E-state index contributed by atoms with van der Waals surface area (Å²) in [4.78, 5) is 35.0. The molecule has 2 aliphatic heterocycles. The minimum absolute atomic E-state index is 0.00574. The SMILES string of the molecule is C[C@@H]1C[C@H](Oc2ncccc2Cl)CCN1C(=O)Cn1nc(C(=O)N2CCC(OCCO)CC2)c2c1C[C@H]1C[C@@H]21. The Morgan fingerprint density at radius 2 is 1.95 bits per heavy atom. The number of fused-ring (bicyclic) bond motifs is 3. The van der Waals surface area contributed by atoms with E-state index in [1.807, 2.05) is 16.7 Å². The first-order valence-electron chi connectivity index (χ1n) is 14.1. The van der Waals surface area contributed by atoms with Crippen molar-refractivity contribution in [2.75, 3.05) is 32.8 Å². The van der Waals surface area contributed by atoms with E-state index in [1.54, 1.807) is 23.0 Å². The Kier molecular flexibility index (Phi) is 7.52. The van der Waals surface area contributed by atoms with Crippen LogP contribution in [0.1, 0.15) is 66.7 Å². The first-order valence-corrected chi connectivity index (χ1v) is 14.5. The maximum absolute atomic E-state index is 13.6. The summed E-state index contributed by atoms with van der Waals surface area (Å²) in [7, 11) is 0. The number of hydrogen-bond donors (Lipinski definition) is 1. The fourth-order valence-corrected chi connectivity index (χ4v) is 6.68. The fourth-order valence-electron chi connectivity index (χ4n) is 6.52. The minimum atomic E-state index is -0.0556. The molecule has 4 heterocycles. The molecule has 210 valence electrons. The Labute approximate surface area is 233 Å². The van der Waals surface area contributed by atoms with E-state index >= 15 is 0 Å². The summed E-state index contributed by atoms with van der Waals surface area (Å²) in [5.74, 6) is 1.39. The third-order valence-corrected chi connectivity index (χ3v) is 8.95. The molecule has 2 saturated heterocycles. The Bertz CT molecular complexity index is 1230. The summed E-state index contributed by atoms with van der Waals surface area (Å²) in [6.45, 7) is 4.34. The number of aliphatic hydroxyl groups excluding tert-OH is 1. The number of amides is 2. The van der Waals surface area contributed by atoms with E-state index in [2.05, 4.69) is 4.98 Å². The molecule has 4 aliphatic rings. The van der Waals surface area contributed by atoms with Gasteiger partial charge in [-0.05, 0) is 56.6 Å². The lowest BCUT2D eigenvalue weighted by Crippen LogP contribution is -2.48. The number of aromatic nitrogens is 3. The molecule has 0 radical (unpaired) electrons. The summed E-state index contributed by atoms with van der Waals surface area (Å²) in [6, 6.07) is 3.53. The van der Waals surface area contributed by atoms with Crippen molar-refractivity contribution in [2.24, 2.45) is 5.92 Å². The Morgan fingerprint density at radius 1 is 1.15 bits per heavy atom. The van der Waals surface area contributed by atoms with Crippen LogP contribution in [0.2, 0.25) is 5.02 Å². The summed E-state index contributed by atoms with van der Waals surface area (Å²) in [5.41, 5.74) is 2.67. The van der Waals surface area contributed by atoms with E-state index < -0.39 is 0 Å². The molecule has 2 aromatic heterocycles. The zero-order valence-corrected chi connectivity index (χ0v) is 23.1. The van der Waals surface area contributed by atoms with Crippen LogP contribution in [0, 0.1) is 5.92 Å². The molecule has 6 rings (SSSR count). The molecule has 2 aromatic rings. The zero-order chi connectivity index (χ0) is 27.1. The number of halogens is 1. The Hall–Kier alpha value is -2.69. The number of pyridine rings is 1. The number of rotatable bonds is 8. The highest BCUT2D eigenvalue weighted by molar-refractivity contribution is 6.31. The molecule has 3 fully saturated rings. The normalized spacial score (nSPS) is 26.3. The average Bonchev–Trinajstić information content (AvgIpc) is 3.46. The highest BCUT2D eigenvalue weighted by Gasteiger charge is 2.50. The predicted molar refractivity (Wildman–Crippen MR) is 143 cm³/mol. The third kappa shape index (κ3) is 5.38. The van der Waals surface area contributed by atoms with Gasteiger partial charge in [-0.3, -0.25) is 14.3 Å². The number of carbonyl (C=O) groups is 2. The van der Waals surface area contributed by atoms with Crippen LogP contribution >= 0.6 is 11.6 Å². The van der Waals surface area contributed by atoms with Gasteiger partial charge in [0, 0.05) is 56.0 Å². The van der Waals surface area contributed by atoms with Gasteiger partial charge in [0.25, 0.3) is 5.91 Å². The van der Waals surface area contributed by atoms with Gasteiger partial charge < -0.3 is 24.4 Å². The Balaban J connectivity index is 1.10. The molecule has 11 heteroatoms. The highest BCUT2D eigenvalue weighted by atomic mass is 35.5. The monoisotopic (exact) mass is 557 g/mol. The van der Waals surface area contributed by atoms with Gasteiger partial charge in [0.1, 0.15) is 17.7 Å². The van der Waals surface area contributed by atoms with Crippen LogP contribution in [-0.2, 0) is 22.5 Å². The van der Waals surface area contributed by atoms with E-state index in [1.165, 1.54) is 0 Å². The number of likely N-dealkylation sites (tertiary alicyclic amines) is 2. The van der Waals surface area contributed by atoms with E-state index in [9.17, 15) is 9.59 Å². The van der Waals surface area contributed by atoms with Crippen LogP contribution in [0.25, 0.3) is 0 Å². The molecule has 1 N–H and O–H groups in total. The van der Waals surface area contributed by atoms with Crippen molar-refractivity contribution in [3.05, 3.63) is 40.3 Å². The Morgan fingerprint density at radius 3 is 2.69 bits per heavy atom. The topological polar surface area (TPSA) is 110 Å². The molecular formula is C28H36ClN5O5. The summed E-state index contributed by atoms with van der Waals surface area (Å²) in [6.07, 6.45) is 6.58. The van der Waals surface area contributed by atoms with Crippen molar-refractivity contribution in [3.63, 3.8) is 0 Å². The van der Waals surface area contributed by atoms with Crippen LogP contribution in [0.15, 0.2) is 18.3 Å². The van der Waals surface area contributed by atoms with Crippen LogP contribution < -0.4 is 4.74 Å². The summed E-state index contributed by atoms with van der Waals surface area (Å²) < 4.78 is 13.5. The molecular weight excluding hydrogens is 522 g/mol. The molecule has 0 spiro atoms. The van der Waals surface area contributed by atoms with Gasteiger partial charge in [-0.2, -0.15) is 5.10 Å². The molecule has 2 aliphatic carbocycles. The van der Waals surface area contributed by atoms with Crippen LogP contribution in [-0.4, -0.2) is 92.6 Å². The third-order valence-electron chi connectivity index (χ3n) is 8.66. The molecule has 2 amide bonds. The van der Waals surface area contributed by atoms with Gasteiger partial charge in [-0.15, -0.1) is 0 Å². The maximum Gasteiger partial charge on any atom is 0.274 e. The van der Waals surface area contributed by atoms with Crippen molar-refractivity contribution in [2.45, 2.75) is 76.2 Å². The quantitative estimate of drug-likeness (QED) is 0.531. The second kappa shape index (κ2) is 11.1. The van der Waals surface area contributed by atoms with Gasteiger partial charge in [-0.25, -0.2) is 4.98 Å². The van der Waals surface area contributed by atoms with E-state index in [0.29, 0.717) is 67.5 Å². The van der Waals surface area contributed by atoms with E-state index in [0.717, 1.165) is 36.9 Å². The van der Waals surface area contributed by atoms with Gasteiger partial charge in [0.2, 0.25) is 11.8 Å². The lowest BCUT2D eigenvalue weighted by atomic mass is 10.0. The average molecular weight is 558 g/mol. The van der Waals surface area contributed by atoms with Crippen LogP contribution in [0.4, 0.5) is 0 Å². The van der Waals surface area contributed by atoms with Gasteiger partial charge in [0.05, 0.1) is 19.3 Å². The standard InChI is InChI=1S/C28H36ClN5O5/c1-17-13-20(39-27-22(29)3-2-7-30-27)6-10-33(17)24(36)16-34-23-15-18-14-21(18)25(23)26(31-34)28(37)32-8-4-19(5-9-32)38-12-11-35/h2-3,7,17-21,35H,4-6,8-16H2,1H3/t17-,18-,20-,21-/m1/s1. The van der Waals surface area contributed by atoms with E-state index in [-0.39, 0.29) is 43.2 Å². The number of carbonyl (C=O) groups excluding carboxylic acids is 2. The smallest absolute Gasteiger partial charge is 0.274 e.